The lowest BCUT2D eigenvalue weighted by Gasteiger charge is -2.08. The highest BCUT2D eigenvalue weighted by molar-refractivity contribution is 14.0. The van der Waals surface area contributed by atoms with Crippen molar-refractivity contribution in [3.8, 4) is 0 Å². The predicted molar refractivity (Wildman–Crippen MR) is 106 cm³/mol. The van der Waals surface area contributed by atoms with Gasteiger partial charge in [-0.05, 0) is 37.8 Å². The van der Waals surface area contributed by atoms with Gasteiger partial charge in [-0.25, -0.2) is 0 Å². The van der Waals surface area contributed by atoms with E-state index in [2.05, 4.69) is 65.8 Å². The lowest BCUT2D eigenvalue weighted by atomic mass is 10.1. The van der Waals surface area contributed by atoms with Gasteiger partial charge in [-0.1, -0.05) is 25.1 Å². The third-order valence-electron chi connectivity index (χ3n) is 3.61. The number of para-hydroxylation sites is 1. The Bertz CT molecular complexity index is 596. The zero-order valence-electron chi connectivity index (χ0n) is 13.7. The first-order valence-electron chi connectivity index (χ1n) is 7.90. The van der Waals surface area contributed by atoms with Crippen molar-refractivity contribution in [3.63, 3.8) is 0 Å². The number of halogens is 1. The van der Waals surface area contributed by atoms with Crippen LogP contribution in [0.15, 0.2) is 29.4 Å². The van der Waals surface area contributed by atoms with Gasteiger partial charge in [0.15, 0.2) is 5.96 Å². The van der Waals surface area contributed by atoms with Crippen LogP contribution in [-0.4, -0.2) is 30.6 Å². The number of aromatic amines is 1. The Morgan fingerprint density at radius 3 is 2.45 bits per heavy atom. The first-order chi connectivity index (χ1) is 10.3. The van der Waals surface area contributed by atoms with Gasteiger partial charge in [-0.15, -0.1) is 24.0 Å². The fourth-order valence-electron chi connectivity index (χ4n) is 2.57. The van der Waals surface area contributed by atoms with Gasteiger partial charge in [0.05, 0.1) is 0 Å². The van der Waals surface area contributed by atoms with Gasteiger partial charge in [-0.3, -0.25) is 4.99 Å². The third-order valence-corrected chi connectivity index (χ3v) is 3.61. The molecular formula is C17H27IN4. The highest BCUT2D eigenvalue weighted by Crippen LogP contribution is 2.22. The van der Waals surface area contributed by atoms with Crippen molar-refractivity contribution in [3.05, 3.63) is 35.5 Å². The average Bonchev–Trinajstić information content (AvgIpc) is 2.91. The Balaban J connectivity index is 0.00000242. The van der Waals surface area contributed by atoms with Crippen LogP contribution >= 0.6 is 24.0 Å². The Labute approximate surface area is 150 Å². The van der Waals surface area contributed by atoms with E-state index in [-0.39, 0.29) is 24.0 Å². The zero-order chi connectivity index (χ0) is 15.1. The number of aromatic nitrogens is 1. The molecule has 1 aromatic heterocycles. The number of nitrogens with one attached hydrogen (secondary N) is 3. The summed E-state index contributed by atoms with van der Waals surface area (Å²) < 4.78 is 0. The zero-order valence-corrected chi connectivity index (χ0v) is 16.0. The van der Waals surface area contributed by atoms with E-state index in [4.69, 9.17) is 0 Å². The van der Waals surface area contributed by atoms with Crippen LogP contribution in [0.2, 0.25) is 0 Å². The van der Waals surface area contributed by atoms with Crippen molar-refractivity contribution < 1.29 is 0 Å². The minimum atomic E-state index is 0. The molecule has 22 heavy (non-hydrogen) atoms. The van der Waals surface area contributed by atoms with E-state index in [0.717, 1.165) is 38.4 Å². The summed E-state index contributed by atoms with van der Waals surface area (Å²) in [6.45, 7) is 8.92. The molecule has 0 aliphatic rings. The molecule has 5 heteroatoms. The van der Waals surface area contributed by atoms with Gasteiger partial charge in [-0.2, -0.15) is 0 Å². The predicted octanol–water partition coefficient (Wildman–Crippen LogP) is 3.47. The molecule has 0 atom stereocenters. The highest BCUT2D eigenvalue weighted by Gasteiger charge is 2.06. The number of fused-ring (bicyclic) bond motifs is 1. The lowest BCUT2D eigenvalue weighted by molar-refractivity contribution is 0.834. The molecule has 2 aromatic rings. The number of rotatable bonds is 6. The Hall–Kier alpha value is -1.24. The molecule has 1 aromatic carbocycles. The first-order valence-corrected chi connectivity index (χ1v) is 7.90. The molecule has 1 heterocycles. The average molecular weight is 414 g/mol. The van der Waals surface area contributed by atoms with Crippen LogP contribution in [-0.2, 0) is 12.8 Å². The number of guanidine groups is 1. The molecule has 0 bridgehead atoms. The second-order valence-electron chi connectivity index (χ2n) is 5.05. The first kappa shape index (κ1) is 18.8. The van der Waals surface area contributed by atoms with E-state index >= 15 is 0 Å². The lowest BCUT2D eigenvalue weighted by Crippen LogP contribution is -2.37. The third kappa shape index (κ3) is 4.63. The fourth-order valence-corrected chi connectivity index (χ4v) is 2.57. The van der Waals surface area contributed by atoms with Crippen LogP contribution in [0.3, 0.4) is 0 Å². The van der Waals surface area contributed by atoms with Gasteiger partial charge in [0.25, 0.3) is 0 Å². The Morgan fingerprint density at radius 1 is 1.09 bits per heavy atom. The molecule has 0 fully saturated rings. The van der Waals surface area contributed by atoms with Crippen molar-refractivity contribution in [2.45, 2.75) is 33.6 Å². The quantitative estimate of drug-likeness (QED) is 0.385. The van der Waals surface area contributed by atoms with Crippen LogP contribution in [0.4, 0.5) is 0 Å². The fraction of sp³-hybridized carbons (Fsp3) is 0.471. The number of aryl methyl sites for hydroxylation is 1. The minimum Gasteiger partial charge on any atom is -0.361 e. The molecule has 0 unspecified atom stereocenters. The number of hydrogen-bond donors (Lipinski definition) is 3. The SMILES string of the molecule is CCNC(=NCCc1c[nH]c2c(CC)cccc12)NCC.I. The molecule has 0 spiro atoms. The molecule has 2 rings (SSSR count). The summed E-state index contributed by atoms with van der Waals surface area (Å²) in [5.41, 5.74) is 4.00. The summed E-state index contributed by atoms with van der Waals surface area (Å²) in [6.07, 6.45) is 4.13. The summed E-state index contributed by atoms with van der Waals surface area (Å²) in [7, 11) is 0. The van der Waals surface area contributed by atoms with Crippen LogP contribution < -0.4 is 10.6 Å². The van der Waals surface area contributed by atoms with Gasteiger partial charge in [0.2, 0.25) is 0 Å². The van der Waals surface area contributed by atoms with Gasteiger partial charge >= 0.3 is 0 Å². The molecule has 0 amide bonds. The summed E-state index contributed by atoms with van der Waals surface area (Å²) in [5.74, 6) is 0.897. The molecule has 0 saturated heterocycles. The molecular weight excluding hydrogens is 387 g/mol. The Kier molecular flexibility index (Phi) is 8.30. The monoisotopic (exact) mass is 414 g/mol. The van der Waals surface area contributed by atoms with Crippen LogP contribution in [0.25, 0.3) is 10.9 Å². The largest absolute Gasteiger partial charge is 0.361 e. The number of hydrogen-bond acceptors (Lipinski definition) is 1. The summed E-state index contributed by atoms with van der Waals surface area (Å²) in [5, 5.41) is 7.83. The van der Waals surface area contributed by atoms with Crippen molar-refractivity contribution in [2.24, 2.45) is 4.99 Å². The minimum absolute atomic E-state index is 0. The molecule has 0 saturated carbocycles. The normalized spacial score (nSPS) is 10.1. The number of aliphatic imine (C=N–C) groups is 1. The van der Waals surface area contributed by atoms with E-state index in [9.17, 15) is 0 Å². The topological polar surface area (TPSA) is 52.2 Å². The van der Waals surface area contributed by atoms with E-state index < -0.39 is 0 Å². The summed E-state index contributed by atoms with van der Waals surface area (Å²) in [6, 6.07) is 6.53. The number of H-pyrrole nitrogens is 1. The number of benzene rings is 1. The maximum atomic E-state index is 4.61. The van der Waals surface area contributed by atoms with E-state index in [1.165, 1.54) is 22.0 Å². The maximum absolute atomic E-state index is 4.61. The van der Waals surface area contributed by atoms with Crippen LogP contribution in [0, 0.1) is 0 Å². The van der Waals surface area contributed by atoms with Crippen LogP contribution in [0.1, 0.15) is 31.9 Å². The smallest absolute Gasteiger partial charge is 0.191 e. The van der Waals surface area contributed by atoms with Crippen molar-refractivity contribution >= 4 is 40.8 Å². The second kappa shape index (κ2) is 9.71. The Morgan fingerprint density at radius 2 is 1.82 bits per heavy atom. The van der Waals surface area contributed by atoms with Crippen molar-refractivity contribution in [1.29, 1.82) is 0 Å². The van der Waals surface area contributed by atoms with Gasteiger partial charge in [0, 0.05) is 36.7 Å². The highest BCUT2D eigenvalue weighted by atomic mass is 127. The summed E-state index contributed by atoms with van der Waals surface area (Å²) >= 11 is 0. The van der Waals surface area contributed by atoms with Crippen LogP contribution in [0.5, 0.6) is 0 Å². The van der Waals surface area contributed by atoms with E-state index in [1.54, 1.807) is 0 Å². The molecule has 0 radical (unpaired) electrons. The van der Waals surface area contributed by atoms with E-state index in [1.807, 2.05) is 0 Å². The van der Waals surface area contributed by atoms with Gasteiger partial charge < -0.3 is 15.6 Å². The second-order valence-corrected chi connectivity index (χ2v) is 5.05. The summed E-state index contributed by atoms with van der Waals surface area (Å²) in [4.78, 5) is 8.02. The standard InChI is InChI=1S/C17H26N4.HI/c1-4-13-8-7-9-15-14(12-21-16(13)15)10-11-20-17(18-5-2)19-6-3;/h7-9,12,21H,4-6,10-11H2,1-3H3,(H2,18,19,20);1H. The molecule has 4 nitrogen and oxygen atoms in total. The van der Waals surface area contributed by atoms with Crippen molar-refractivity contribution in [1.82, 2.24) is 15.6 Å². The van der Waals surface area contributed by atoms with Gasteiger partial charge in [0.1, 0.15) is 0 Å². The molecule has 0 aliphatic heterocycles. The molecule has 0 aliphatic carbocycles. The molecule has 3 N–H and O–H groups in total. The van der Waals surface area contributed by atoms with E-state index in [0.29, 0.717) is 0 Å². The molecule has 122 valence electrons. The number of nitrogens with zero attached hydrogens (tertiary/aromatic N) is 1. The maximum Gasteiger partial charge on any atom is 0.191 e. The van der Waals surface area contributed by atoms with Crippen molar-refractivity contribution in [2.75, 3.05) is 19.6 Å².